The molecule has 2 rings (SSSR count). The van der Waals surface area contributed by atoms with Crippen LogP contribution in [0.2, 0.25) is 0 Å². The van der Waals surface area contributed by atoms with Gasteiger partial charge in [-0.2, -0.15) is 0 Å². The summed E-state index contributed by atoms with van der Waals surface area (Å²) < 4.78 is 5.22. The molecule has 0 aliphatic heterocycles. The molecule has 1 saturated carbocycles. The summed E-state index contributed by atoms with van der Waals surface area (Å²) in [7, 11) is 0. The summed E-state index contributed by atoms with van der Waals surface area (Å²) in [5.74, 6) is -1.11. The zero-order chi connectivity index (χ0) is 18.3. The minimum Gasteiger partial charge on any atom is -0.481 e. The van der Waals surface area contributed by atoms with Crippen molar-refractivity contribution >= 4 is 11.9 Å². The summed E-state index contributed by atoms with van der Waals surface area (Å²) in [6.45, 7) is 9.45. The van der Waals surface area contributed by atoms with Gasteiger partial charge in [0.1, 0.15) is 0 Å². The van der Waals surface area contributed by atoms with Gasteiger partial charge in [-0.05, 0) is 50.8 Å². The minimum absolute atomic E-state index is 0.171. The van der Waals surface area contributed by atoms with Crippen molar-refractivity contribution in [3.63, 3.8) is 0 Å². The fourth-order valence-electron chi connectivity index (χ4n) is 3.25. The molecule has 1 fully saturated rings. The minimum atomic E-state index is -0.802. The molecule has 134 valence electrons. The molecule has 0 unspecified atom stereocenters. The highest BCUT2D eigenvalue weighted by Crippen LogP contribution is 2.40. The first-order chi connectivity index (χ1) is 11.4. The van der Waals surface area contributed by atoms with Gasteiger partial charge >= 0.3 is 11.9 Å². The molecule has 0 saturated heterocycles. The summed E-state index contributed by atoms with van der Waals surface area (Å²) >= 11 is 0. The van der Waals surface area contributed by atoms with E-state index in [1.54, 1.807) is 12.1 Å². The van der Waals surface area contributed by atoms with Crippen LogP contribution in [0.4, 0.5) is 0 Å². The van der Waals surface area contributed by atoms with Crippen molar-refractivity contribution in [1.82, 2.24) is 0 Å². The van der Waals surface area contributed by atoms with Gasteiger partial charge in [-0.25, -0.2) is 4.79 Å². The highest BCUT2D eigenvalue weighted by Gasteiger charge is 2.41. The van der Waals surface area contributed by atoms with Crippen LogP contribution in [0.5, 0.6) is 0 Å². The highest BCUT2D eigenvalue weighted by molar-refractivity contribution is 5.91. The Morgan fingerprint density at radius 1 is 1.12 bits per heavy atom. The molecule has 0 aromatic heterocycles. The van der Waals surface area contributed by atoms with Crippen LogP contribution in [0.1, 0.15) is 81.3 Å². The van der Waals surface area contributed by atoms with Gasteiger partial charge in [0.15, 0.2) is 0 Å². The maximum atomic E-state index is 12.0. The number of carboxylic acids is 1. The molecular weight excluding hydrogens is 304 g/mol. The number of esters is 1. The Labute approximate surface area is 145 Å². The second-order valence-corrected chi connectivity index (χ2v) is 6.43. The summed E-state index contributed by atoms with van der Waals surface area (Å²) in [6, 6.07) is 5.33. The average molecular weight is 334 g/mol. The van der Waals surface area contributed by atoms with Gasteiger partial charge in [0.25, 0.3) is 0 Å². The third-order valence-corrected chi connectivity index (χ3v) is 4.46. The van der Waals surface area contributed by atoms with E-state index in [1.165, 1.54) is 0 Å². The van der Waals surface area contributed by atoms with Crippen LogP contribution >= 0.6 is 0 Å². The lowest BCUT2D eigenvalue weighted by atomic mass is 9.69. The number of rotatable bonds is 4. The van der Waals surface area contributed by atoms with Gasteiger partial charge < -0.3 is 9.84 Å². The Morgan fingerprint density at radius 2 is 1.71 bits per heavy atom. The second kappa shape index (κ2) is 8.86. The molecule has 0 amide bonds. The Hall–Kier alpha value is -1.84. The molecular formula is C20H30O4. The van der Waals surface area contributed by atoms with E-state index >= 15 is 0 Å². The van der Waals surface area contributed by atoms with Crippen molar-refractivity contribution in [3.8, 4) is 0 Å². The number of hydrogen-bond donors (Lipinski definition) is 1. The van der Waals surface area contributed by atoms with Crippen LogP contribution in [0, 0.1) is 6.92 Å². The van der Waals surface area contributed by atoms with Crippen LogP contribution in [0.25, 0.3) is 0 Å². The SMILES string of the molecule is CC.Cc1cc(C2(C(=O)O)CCCCC2)ccc1C(=O)OC(C)C. The highest BCUT2D eigenvalue weighted by atomic mass is 16.5. The zero-order valence-electron chi connectivity index (χ0n) is 15.5. The van der Waals surface area contributed by atoms with Crippen molar-refractivity contribution in [2.75, 3.05) is 0 Å². The predicted octanol–water partition coefficient (Wildman–Crippen LogP) is 4.87. The quantitative estimate of drug-likeness (QED) is 0.798. The molecule has 24 heavy (non-hydrogen) atoms. The van der Waals surface area contributed by atoms with Crippen molar-refractivity contribution in [2.24, 2.45) is 0 Å². The fourth-order valence-corrected chi connectivity index (χ4v) is 3.25. The summed E-state index contributed by atoms with van der Waals surface area (Å²) in [5, 5.41) is 9.74. The summed E-state index contributed by atoms with van der Waals surface area (Å²) in [4.78, 5) is 23.9. The number of carbonyl (C=O) groups excluding carboxylic acids is 1. The summed E-state index contributed by atoms with van der Waals surface area (Å²) in [5.41, 5.74) is 1.28. The molecule has 1 N–H and O–H groups in total. The van der Waals surface area contributed by atoms with Crippen LogP contribution in [0.15, 0.2) is 18.2 Å². The molecule has 0 radical (unpaired) electrons. The number of hydrogen-bond acceptors (Lipinski definition) is 3. The van der Waals surface area contributed by atoms with E-state index in [-0.39, 0.29) is 12.1 Å². The summed E-state index contributed by atoms with van der Waals surface area (Å²) in [6.07, 6.45) is 4.11. The predicted molar refractivity (Wildman–Crippen MR) is 95.5 cm³/mol. The van der Waals surface area contributed by atoms with E-state index in [0.717, 1.165) is 30.4 Å². The molecule has 1 aromatic carbocycles. The lowest BCUT2D eigenvalue weighted by Gasteiger charge is -2.34. The Bertz CT molecular complexity index is 569. The van der Waals surface area contributed by atoms with Gasteiger partial charge in [-0.3, -0.25) is 4.79 Å². The molecule has 0 heterocycles. The van der Waals surface area contributed by atoms with Crippen molar-refractivity contribution in [2.45, 2.75) is 78.2 Å². The van der Waals surface area contributed by atoms with Crippen LogP contribution in [-0.2, 0) is 14.9 Å². The van der Waals surface area contributed by atoms with Crippen molar-refractivity contribution in [1.29, 1.82) is 0 Å². The third-order valence-electron chi connectivity index (χ3n) is 4.46. The standard InChI is InChI=1S/C18H24O4.C2H6/c1-12(2)22-16(19)15-8-7-14(11-13(15)3)18(17(20)21)9-5-4-6-10-18;1-2/h7-8,11-12H,4-6,9-10H2,1-3H3,(H,20,21);1-2H3. The van der Waals surface area contributed by atoms with Gasteiger partial charge in [-0.1, -0.05) is 45.2 Å². The topological polar surface area (TPSA) is 63.6 Å². The lowest BCUT2D eigenvalue weighted by molar-refractivity contribution is -0.145. The maximum absolute atomic E-state index is 12.0. The van der Waals surface area contributed by atoms with E-state index < -0.39 is 11.4 Å². The first kappa shape index (κ1) is 20.2. The van der Waals surface area contributed by atoms with Crippen LogP contribution < -0.4 is 0 Å². The molecule has 1 aromatic rings. The number of ether oxygens (including phenoxy) is 1. The van der Waals surface area contributed by atoms with Gasteiger partial charge in [0.05, 0.1) is 17.1 Å². The zero-order valence-corrected chi connectivity index (χ0v) is 15.5. The average Bonchev–Trinajstić information content (AvgIpc) is 2.56. The molecule has 0 bridgehead atoms. The van der Waals surface area contributed by atoms with E-state index in [0.29, 0.717) is 18.4 Å². The van der Waals surface area contributed by atoms with Gasteiger partial charge in [0.2, 0.25) is 0 Å². The van der Waals surface area contributed by atoms with Gasteiger partial charge in [0, 0.05) is 0 Å². The van der Waals surface area contributed by atoms with Crippen LogP contribution in [-0.4, -0.2) is 23.1 Å². The Balaban J connectivity index is 0.00000139. The normalized spacial score (nSPS) is 16.1. The van der Waals surface area contributed by atoms with E-state index in [2.05, 4.69) is 0 Å². The van der Waals surface area contributed by atoms with Crippen molar-refractivity contribution in [3.05, 3.63) is 34.9 Å². The van der Waals surface area contributed by atoms with E-state index in [1.807, 2.05) is 40.7 Å². The molecule has 4 nitrogen and oxygen atoms in total. The third kappa shape index (κ3) is 4.37. The smallest absolute Gasteiger partial charge is 0.338 e. The van der Waals surface area contributed by atoms with E-state index in [4.69, 9.17) is 4.74 Å². The number of carboxylic acid groups (broad SMARTS) is 1. The number of carbonyl (C=O) groups is 2. The monoisotopic (exact) mass is 334 g/mol. The van der Waals surface area contributed by atoms with Crippen molar-refractivity contribution < 1.29 is 19.4 Å². The fraction of sp³-hybridized carbons (Fsp3) is 0.600. The number of aliphatic carboxylic acids is 1. The number of benzene rings is 1. The van der Waals surface area contributed by atoms with E-state index in [9.17, 15) is 14.7 Å². The molecule has 0 spiro atoms. The molecule has 4 heteroatoms. The second-order valence-electron chi connectivity index (χ2n) is 6.43. The van der Waals surface area contributed by atoms with Gasteiger partial charge in [-0.15, -0.1) is 0 Å². The van der Waals surface area contributed by atoms with Crippen LogP contribution in [0.3, 0.4) is 0 Å². The Kier molecular flexibility index (Phi) is 7.46. The molecule has 1 aliphatic carbocycles. The first-order valence-electron chi connectivity index (χ1n) is 8.92. The lowest BCUT2D eigenvalue weighted by Crippen LogP contribution is -2.38. The number of aryl methyl sites for hydroxylation is 1. The first-order valence-corrected chi connectivity index (χ1v) is 8.92. The Morgan fingerprint density at radius 3 is 2.17 bits per heavy atom. The molecule has 1 aliphatic rings. The maximum Gasteiger partial charge on any atom is 0.338 e. The largest absolute Gasteiger partial charge is 0.481 e. The molecule has 0 atom stereocenters.